The van der Waals surface area contributed by atoms with Gasteiger partial charge in [-0.15, -0.1) is 0 Å². The second kappa shape index (κ2) is 8.16. The number of alkyl halides is 3. The first-order chi connectivity index (χ1) is 13.7. The zero-order valence-corrected chi connectivity index (χ0v) is 16.2. The van der Waals surface area contributed by atoms with Crippen LogP contribution in [-0.2, 0) is 10.9 Å². The highest BCUT2D eigenvalue weighted by molar-refractivity contribution is 6.32. The third kappa shape index (κ3) is 4.37. The van der Waals surface area contributed by atoms with Gasteiger partial charge in [0, 0.05) is 17.3 Å². The first-order valence-electron chi connectivity index (χ1n) is 8.52. The van der Waals surface area contributed by atoms with Crippen LogP contribution in [0.3, 0.4) is 0 Å². The van der Waals surface area contributed by atoms with Gasteiger partial charge < -0.3 is 14.8 Å². The Morgan fingerprint density at radius 3 is 2.59 bits per heavy atom. The van der Waals surface area contributed by atoms with E-state index in [4.69, 9.17) is 21.1 Å². The van der Waals surface area contributed by atoms with Crippen molar-refractivity contribution < 1.29 is 27.4 Å². The van der Waals surface area contributed by atoms with E-state index < -0.39 is 17.7 Å². The zero-order valence-electron chi connectivity index (χ0n) is 15.4. The number of nitrogens with one attached hydrogen (secondary N) is 1. The summed E-state index contributed by atoms with van der Waals surface area (Å²) in [5, 5.41) is 3.70. The number of halogens is 4. The highest BCUT2D eigenvalue weighted by Gasteiger charge is 2.31. The van der Waals surface area contributed by atoms with Crippen LogP contribution in [0.1, 0.15) is 22.8 Å². The van der Waals surface area contributed by atoms with E-state index in [0.29, 0.717) is 21.8 Å². The van der Waals surface area contributed by atoms with E-state index in [1.54, 1.807) is 25.1 Å². The number of ether oxygens (including phenoxy) is 2. The van der Waals surface area contributed by atoms with Gasteiger partial charge in [-0.05, 0) is 37.3 Å². The molecule has 0 unspecified atom stereocenters. The lowest BCUT2D eigenvalue weighted by Crippen LogP contribution is -2.10. The van der Waals surface area contributed by atoms with Crippen molar-refractivity contribution in [1.29, 1.82) is 0 Å². The molecule has 0 atom stereocenters. The van der Waals surface area contributed by atoms with Crippen molar-refractivity contribution in [3.8, 4) is 5.75 Å². The van der Waals surface area contributed by atoms with E-state index in [1.165, 1.54) is 19.4 Å². The van der Waals surface area contributed by atoms with Crippen LogP contribution in [0.5, 0.6) is 5.75 Å². The molecule has 0 spiro atoms. The van der Waals surface area contributed by atoms with Crippen molar-refractivity contribution in [2.24, 2.45) is 0 Å². The lowest BCUT2D eigenvalue weighted by molar-refractivity contribution is -0.137. The van der Waals surface area contributed by atoms with Crippen LogP contribution in [0, 0.1) is 0 Å². The minimum absolute atomic E-state index is 0.0787. The van der Waals surface area contributed by atoms with Crippen LogP contribution in [-0.4, -0.2) is 24.7 Å². The molecule has 29 heavy (non-hydrogen) atoms. The van der Waals surface area contributed by atoms with Crippen LogP contribution < -0.4 is 10.1 Å². The number of hydrogen-bond donors (Lipinski definition) is 1. The fourth-order valence-electron chi connectivity index (χ4n) is 2.76. The zero-order chi connectivity index (χ0) is 21.2. The number of benzene rings is 2. The van der Waals surface area contributed by atoms with Crippen LogP contribution in [0.4, 0.5) is 24.5 Å². The van der Waals surface area contributed by atoms with Gasteiger partial charge in [0.05, 0.1) is 35.5 Å². The van der Waals surface area contributed by atoms with Crippen molar-refractivity contribution in [2.75, 3.05) is 19.0 Å². The molecule has 0 saturated heterocycles. The molecule has 0 radical (unpaired) electrons. The highest BCUT2D eigenvalue weighted by atomic mass is 35.5. The molecular formula is C20H16ClF3N2O3. The van der Waals surface area contributed by atoms with Gasteiger partial charge in [-0.3, -0.25) is 4.98 Å². The predicted molar refractivity (Wildman–Crippen MR) is 104 cm³/mol. The van der Waals surface area contributed by atoms with E-state index in [-0.39, 0.29) is 23.4 Å². The SMILES string of the molecule is CCOC(=O)c1cnc2cc(C(F)(F)F)ccc2c1Nc1ccc(OC)c(Cl)c1. The number of hydrogen-bond acceptors (Lipinski definition) is 5. The molecule has 0 bridgehead atoms. The van der Waals surface area contributed by atoms with Gasteiger partial charge in [0.2, 0.25) is 0 Å². The number of anilines is 2. The van der Waals surface area contributed by atoms with E-state index in [9.17, 15) is 18.0 Å². The van der Waals surface area contributed by atoms with Crippen molar-refractivity contribution >= 4 is 39.8 Å². The molecule has 0 aliphatic carbocycles. The maximum Gasteiger partial charge on any atom is 0.416 e. The number of aromatic nitrogens is 1. The average molecular weight is 425 g/mol. The quantitative estimate of drug-likeness (QED) is 0.522. The van der Waals surface area contributed by atoms with E-state index >= 15 is 0 Å². The topological polar surface area (TPSA) is 60.5 Å². The van der Waals surface area contributed by atoms with Crippen molar-refractivity contribution in [1.82, 2.24) is 4.98 Å². The molecule has 0 amide bonds. The Kier molecular flexibility index (Phi) is 5.83. The first kappa shape index (κ1) is 20.7. The summed E-state index contributed by atoms with van der Waals surface area (Å²) in [5.41, 5.74) is 0.109. The lowest BCUT2D eigenvalue weighted by atomic mass is 10.1. The molecular weight excluding hydrogens is 409 g/mol. The number of nitrogens with zero attached hydrogens (tertiary/aromatic N) is 1. The van der Waals surface area contributed by atoms with Gasteiger partial charge in [-0.1, -0.05) is 17.7 Å². The summed E-state index contributed by atoms with van der Waals surface area (Å²) in [7, 11) is 1.47. The summed E-state index contributed by atoms with van der Waals surface area (Å²) < 4.78 is 49.3. The van der Waals surface area contributed by atoms with E-state index in [2.05, 4.69) is 10.3 Å². The second-order valence-electron chi connectivity index (χ2n) is 5.97. The monoisotopic (exact) mass is 424 g/mol. The predicted octanol–water partition coefficient (Wildman–Crippen LogP) is 5.84. The third-order valence-electron chi connectivity index (χ3n) is 4.11. The normalized spacial score (nSPS) is 11.4. The van der Waals surface area contributed by atoms with E-state index in [1.807, 2.05) is 0 Å². The molecule has 0 aliphatic rings. The Bertz CT molecular complexity index is 1070. The molecule has 0 aliphatic heterocycles. The third-order valence-corrected chi connectivity index (χ3v) is 4.41. The van der Waals surface area contributed by atoms with Gasteiger partial charge >= 0.3 is 12.1 Å². The molecule has 1 aromatic heterocycles. The Labute approximate surface area is 169 Å². The molecule has 0 saturated carbocycles. The smallest absolute Gasteiger partial charge is 0.416 e. The number of pyridine rings is 1. The molecule has 0 fully saturated rings. The van der Waals surface area contributed by atoms with Crippen LogP contribution >= 0.6 is 11.6 Å². The Morgan fingerprint density at radius 1 is 1.21 bits per heavy atom. The Balaban J connectivity index is 2.15. The minimum atomic E-state index is -4.51. The van der Waals surface area contributed by atoms with Gasteiger partial charge in [0.1, 0.15) is 11.3 Å². The highest BCUT2D eigenvalue weighted by Crippen LogP contribution is 2.36. The van der Waals surface area contributed by atoms with Gasteiger partial charge in [0.25, 0.3) is 0 Å². The molecule has 3 aromatic rings. The molecule has 1 heterocycles. The molecule has 3 rings (SSSR count). The van der Waals surface area contributed by atoms with Gasteiger partial charge in [-0.2, -0.15) is 13.2 Å². The molecule has 2 aromatic carbocycles. The summed E-state index contributed by atoms with van der Waals surface area (Å²) in [6.07, 6.45) is -3.32. The standard InChI is InChI=1S/C20H16ClF3N2O3/c1-3-29-19(27)14-10-25-16-8-11(20(22,23)24)4-6-13(16)18(14)26-12-5-7-17(28-2)15(21)9-12/h4-10H,3H2,1-2H3,(H,25,26). The van der Waals surface area contributed by atoms with Gasteiger partial charge in [0.15, 0.2) is 0 Å². The first-order valence-corrected chi connectivity index (χ1v) is 8.90. The maximum absolute atomic E-state index is 13.0. The number of carbonyl (C=O) groups is 1. The number of rotatable bonds is 5. The lowest BCUT2D eigenvalue weighted by Gasteiger charge is -2.16. The summed E-state index contributed by atoms with van der Waals surface area (Å²) in [6, 6.07) is 7.99. The number of methoxy groups -OCH3 is 1. The second-order valence-corrected chi connectivity index (χ2v) is 6.38. The average Bonchev–Trinajstić information content (AvgIpc) is 2.67. The summed E-state index contributed by atoms with van der Waals surface area (Å²) in [6.45, 7) is 1.79. The summed E-state index contributed by atoms with van der Waals surface area (Å²) in [4.78, 5) is 16.4. The fourth-order valence-corrected chi connectivity index (χ4v) is 3.01. The van der Waals surface area contributed by atoms with Crippen LogP contribution in [0.15, 0.2) is 42.6 Å². The van der Waals surface area contributed by atoms with Crippen molar-refractivity contribution in [3.05, 3.63) is 58.7 Å². The number of fused-ring (bicyclic) bond motifs is 1. The Morgan fingerprint density at radius 2 is 1.97 bits per heavy atom. The minimum Gasteiger partial charge on any atom is -0.495 e. The van der Waals surface area contributed by atoms with Crippen LogP contribution in [0.25, 0.3) is 10.9 Å². The van der Waals surface area contributed by atoms with Crippen LogP contribution in [0.2, 0.25) is 5.02 Å². The molecule has 9 heteroatoms. The molecule has 1 N–H and O–H groups in total. The van der Waals surface area contributed by atoms with Gasteiger partial charge in [-0.25, -0.2) is 4.79 Å². The largest absolute Gasteiger partial charge is 0.495 e. The summed E-state index contributed by atoms with van der Waals surface area (Å²) >= 11 is 6.14. The molecule has 5 nitrogen and oxygen atoms in total. The van der Waals surface area contributed by atoms with E-state index in [0.717, 1.165) is 12.1 Å². The number of carbonyl (C=O) groups excluding carboxylic acids is 1. The number of esters is 1. The maximum atomic E-state index is 13.0. The molecule has 152 valence electrons. The Hall–Kier alpha value is -3.00. The summed E-state index contributed by atoms with van der Waals surface area (Å²) in [5.74, 6) is -0.193. The fraction of sp³-hybridized carbons (Fsp3) is 0.200. The van der Waals surface area contributed by atoms with Crippen molar-refractivity contribution in [3.63, 3.8) is 0 Å². The van der Waals surface area contributed by atoms with Crippen molar-refractivity contribution in [2.45, 2.75) is 13.1 Å².